The third-order valence-corrected chi connectivity index (χ3v) is 4.59. The highest BCUT2D eigenvalue weighted by Gasteiger charge is 2.17. The monoisotopic (exact) mass is 314 g/mol. The molecule has 92 valence electrons. The lowest BCUT2D eigenvalue weighted by Crippen LogP contribution is -2.37. The molecule has 0 atom stereocenters. The van der Waals surface area contributed by atoms with Crippen LogP contribution in [0.3, 0.4) is 0 Å². The lowest BCUT2D eigenvalue weighted by Gasteiger charge is -2.22. The number of benzene rings is 1. The highest BCUT2D eigenvalue weighted by Crippen LogP contribution is 2.21. The molecule has 0 radical (unpaired) electrons. The summed E-state index contributed by atoms with van der Waals surface area (Å²) in [6.07, 6.45) is 2.12. The Morgan fingerprint density at radius 3 is 2.76 bits per heavy atom. The number of hydrogen-bond donors (Lipinski definition) is 2. The van der Waals surface area contributed by atoms with Crippen molar-refractivity contribution in [2.45, 2.75) is 18.9 Å². The van der Waals surface area contributed by atoms with Crippen LogP contribution < -0.4 is 11.1 Å². The maximum Gasteiger partial charge on any atom is 0.251 e. The van der Waals surface area contributed by atoms with Gasteiger partial charge in [0.2, 0.25) is 0 Å². The standard InChI is InChI=1S/C12H15BrN2OS/c13-10-2-1-8(7-11(10)14)12(16)15-9-3-5-17-6-4-9/h1-2,7,9H,3-6,14H2,(H,15,16). The molecular formula is C12H15BrN2OS. The van der Waals surface area contributed by atoms with E-state index in [2.05, 4.69) is 21.2 Å². The van der Waals surface area contributed by atoms with Gasteiger partial charge in [-0.15, -0.1) is 0 Å². The summed E-state index contributed by atoms with van der Waals surface area (Å²) in [4.78, 5) is 12.0. The fourth-order valence-electron chi connectivity index (χ4n) is 1.80. The molecule has 1 aliphatic heterocycles. The lowest BCUT2D eigenvalue weighted by atomic mass is 10.1. The summed E-state index contributed by atoms with van der Waals surface area (Å²) in [5.74, 6) is 2.24. The van der Waals surface area contributed by atoms with Gasteiger partial charge in [-0.1, -0.05) is 0 Å². The van der Waals surface area contributed by atoms with Gasteiger partial charge < -0.3 is 11.1 Å². The zero-order valence-corrected chi connectivity index (χ0v) is 11.8. The second kappa shape index (κ2) is 5.78. The van der Waals surface area contributed by atoms with Gasteiger partial charge in [0.25, 0.3) is 5.91 Å². The summed E-state index contributed by atoms with van der Waals surface area (Å²) in [6.45, 7) is 0. The van der Waals surface area contributed by atoms with Crippen molar-refractivity contribution in [3.8, 4) is 0 Å². The number of amides is 1. The van der Waals surface area contributed by atoms with Crippen LogP contribution in [0.4, 0.5) is 5.69 Å². The number of nitrogens with one attached hydrogen (secondary N) is 1. The fraction of sp³-hybridized carbons (Fsp3) is 0.417. The van der Waals surface area contributed by atoms with Crippen molar-refractivity contribution in [2.75, 3.05) is 17.2 Å². The summed E-state index contributed by atoms with van der Waals surface area (Å²) in [6, 6.07) is 5.61. The van der Waals surface area contributed by atoms with Gasteiger partial charge in [0.1, 0.15) is 0 Å². The number of nitrogen functional groups attached to an aromatic ring is 1. The van der Waals surface area contributed by atoms with Crippen LogP contribution in [0.1, 0.15) is 23.2 Å². The third-order valence-electron chi connectivity index (χ3n) is 2.81. The number of carbonyl (C=O) groups is 1. The molecule has 1 aliphatic rings. The Morgan fingerprint density at radius 2 is 2.12 bits per heavy atom. The molecule has 0 aromatic heterocycles. The highest BCUT2D eigenvalue weighted by atomic mass is 79.9. The van der Waals surface area contributed by atoms with Gasteiger partial charge in [-0.05, 0) is 58.5 Å². The number of rotatable bonds is 2. The largest absolute Gasteiger partial charge is 0.398 e. The molecule has 1 aromatic carbocycles. The van der Waals surface area contributed by atoms with Gasteiger partial charge in [0, 0.05) is 21.8 Å². The molecule has 0 saturated carbocycles. The molecule has 1 aromatic rings. The van der Waals surface area contributed by atoms with Gasteiger partial charge in [0.15, 0.2) is 0 Å². The third kappa shape index (κ3) is 3.39. The first kappa shape index (κ1) is 12.8. The van der Waals surface area contributed by atoms with Crippen LogP contribution in [0.25, 0.3) is 0 Å². The topological polar surface area (TPSA) is 55.1 Å². The zero-order chi connectivity index (χ0) is 12.3. The average Bonchev–Trinajstić information content (AvgIpc) is 2.34. The summed E-state index contributed by atoms with van der Waals surface area (Å²) in [7, 11) is 0. The maximum atomic E-state index is 12.0. The smallest absolute Gasteiger partial charge is 0.251 e. The number of carbonyl (C=O) groups excluding carboxylic acids is 1. The van der Waals surface area contributed by atoms with E-state index in [0.29, 0.717) is 17.3 Å². The van der Waals surface area contributed by atoms with Gasteiger partial charge in [-0.3, -0.25) is 4.79 Å². The molecule has 2 rings (SSSR count). The lowest BCUT2D eigenvalue weighted by molar-refractivity contribution is 0.0935. The molecule has 1 saturated heterocycles. The normalized spacial score (nSPS) is 16.8. The van der Waals surface area contributed by atoms with Crippen LogP contribution in [-0.4, -0.2) is 23.5 Å². The number of halogens is 1. The minimum Gasteiger partial charge on any atom is -0.398 e. The quantitative estimate of drug-likeness (QED) is 0.825. The first-order valence-electron chi connectivity index (χ1n) is 5.60. The Labute approximate surface area is 114 Å². The molecule has 1 fully saturated rings. The Bertz CT molecular complexity index is 419. The van der Waals surface area contributed by atoms with Gasteiger partial charge in [-0.2, -0.15) is 11.8 Å². The Morgan fingerprint density at radius 1 is 1.41 bits per heavy atom. The zero-order valence-electron chi connectivity index (χ0n) is 9.41. The van der Waals surface area contributed by atoms with Crippen molar-refractivity contribution >= 4 is 39.3 Å². The second-order valence-corrected chi connectivity index (χ2v) is 6.18. The molecule has 1 heterocycles. The maximum absolute atomic E-state index is 12.0. The van der Waals surface area contributed by atoms with Crippen molar-refractivity contribution < 1.29 is 4.79 Å². The van der Waals surface area contributed by atoms with Gasteiger partial charge in [0.05, 0.1) is 0 Å². The first-order valence-corrected chi connectivity index (χ1v) is 7.55. The SMILES string of the molecule is Nc1cc(C(=O)NC2CCSCC2)ccc1Br. The van der Waals surface area contributed by atoms with E-state index >= 15 is 0 Å². The molecule has 0 spiro atoms. The molecule has 5 heteroatoms. The minimum absolute atomic E-state index is 0.0268. The molecule has 17 heavy (non-hydrogen) atoms. The van der Waals surface area contributed by atoms with Crippen molar-refractivity contribution in [1.29, 1.82) is 0 Å². The Balaban J connectivity index is 2.01. The van der Waals surface area contributed by atoms with E-state index in [4.69, 9.17) is 5.73 Å². The molecule has 0 aliphatic carbocycles. The number of nitrogens with two attached hydrogens (primary N) is 1. The van der Waals surface area contributed by atoms with Crippen LogP contribution in [0.15, 0.2) is 22.7 Å². The van der Waals surface area contributed by atoms with Crippen LogP contribution in [0.5, 0.6) is 0 Å². The summed E-state index contributed by atoms with van der Waals surface area (Å²) >= 11 is 5.27. The van der Waals surface area contributed by atoms with Crippen molar-refractivity contribution in [3.63, 3.8) is 0 Å². The van der Waals surface area contributed by atoms with Gasteiger partial charge >= 0.3 is 0 Å². The van der Waals surface area contributed by atoms with E-state index in [9.17, 15) is 4.79 Å². The van der Waals surface area contributed by atoms with Crippen LogP contribution in [0.2, 0.25) is 0 Å². The van der Waals surface area contributed by atoms with Crippen LogP contribution in [0, 0.1) is 0 Å². The molecule has 1 amide bonds. The van der Waals surface area contributed by atoms with Crippen molar-refractivity contribution in [2.24, 2.45) is 0 Å². The number of anilines is 1. The molecule has 0 bridgehead atoms. The van der Waals surface area contributed by atoms with Crippen LogP contribution >= 0.6 is 27.7 Å². The van der Waals surface area contributed by atoms with E-state index in [-0.39, 0.29) is 5.91 Å². The van der Waals surface area contributed by atoms with E-state index in [1.165, 1.54) is 0 Å². The predicted molar refractivity (Wildman–Crippen MR) is 76.4 cm³/mol. The molecular weight excluding hydrogens is 300 g/mol. The van der Waals surface area contributed by atoms with E-state index in [0.717, 1.165) is 28.8 Å². The minimum atomic E-state index is -0.0268. The van der Waals surface area contributed by atoms with Gasteiger partial charge in [-0.25, -0.2) is 0 Å². The number of hydrogen-bond acceptors (Lipinski definition) is 3. The molecule has 3 N–H and O–H groups in total. The highest BCUT2D eigenvalue weighted by molar-refractivity contribution is 9.10. The van der Waals surface area contributed by atoms with Crippen molar-refractivity contribution in [1.82, 2.24) is 5.32 Å². The first-order chi connectivity index (χ1) is 8.16. The summed E-state index contributed by atoms with van der Waals surface area (Å²) in [5.41, 5.74) is 6.98. The van der Waals surface area contributed by atoms with E-state index in [1.807, 2.05) is 11.8 Å². The van der Waals surface area contributed by atoms with E-state index < -0.39 is 0 Å². The second-order valence-electron chi connectivity index (χ2n) is 4.10. The predicted octanol–water partition coefficient (Wildman–Crippen LogP) is 2.66. The molecule has 0 unspecified atom stereocenters. The van der Waals surface area contributed by atoms with E-state index in [1.54, 1.807) is 18.2 Å². The summed E-state index contributed by atoms with van der Waals surface area (Å²) in [5, 5.41) is 3.06. The van der Waals surface area contributed by atoms with Crippen LogP contribution in [-0.2, 0) is 0 Å². The average molecular weight is 315 g/mol. The molecule has 3 nitrogen and oxygen atoms in total. The summed E-state index contributed by atoms with van der Waals surface area (Å²) < 4.78 is 0.822. The Kier molecular flexibility index (Phi) is 4.34. The number of thioether (sulfide) groups is 1. The fourth-order valence-corrected chi connectivity index (χ4v) is 3.15. The van der Waals surface area contributed by atoms with Crippen molar-refractivity contribution in [3.05, 3.63) is 28.2 Å². The Hall–Kier alpha value is -0.680.